The number of carbonyl (C=O) groups is 2. The SMILES string of the molecule is C[C@@H]1CN(C(=O)[C@@H]2CCCN(C(=O)c3cccs3)C2)[C@H](C)CO1. The van der Waals surface area contributed by atoms with Gasteiger partial charge in [-0.15, -0.1) is 11.3 Å². The number of rotatable bonds is 2. The molecule has 0 N–H and O–H groups in total. The van der Waals surface area contributed by atoms with Crippen LogP contribution in [-0.2, 0) is 9.53 Å². The number of thiophene rings is 1. The maximum absolute atomic E-state index is 12.9. The zero-order valence-corrected chi connectivity index (χ0v) is 14.6. The number of nitrogens with zero attached hydrogens (tertiary/aromatic N) is 2. The van der Waals surface area contributed by atoms with Gasteiger partial charge in [0.1, 0.15) is 0 Å². The van der Waals surface area contributed by atoms with Crippen molar-refractivity contribution in [3.05, 3.63) is 22.4 Å². The van der Waals surface area contributed by atoms with Crippen LogP contribution in [0.5, 0.6) is 0 Å². The third-order valence-corrected chi connectivity index (χ3v) is 5.54. The fourth-order valence-corrected chi connectivity index (χ4v) is 4.05. The predicted molar refractivity (Wildman–Crippen MR) is 89.5 cm³/mol. The normalized spacial score (nSPS) is 28.7. The lowest BCUT2D eigenvalue weighted by Crippen LogP contribution is -2.54. The van der Waals surface area contributed by atoms with Gasteiger partial charge in [0.05, 0.1) is 29.5 Å². The third kappa shape index (κ3) is 3.58. The minimum atomic E-state index is -0.0830. The van der Waals surface area contributed by atoms with Gasteiger partial charge in [-0.05, 0) is 38.1 Å². The third-order valence-electron chi connectivity index (χ3n) is 4.68. The van der Waals surface area contributed by atoms with E-state index >= 15 is 0 Å². The lowest BCUT2D eigenvalue weighted by molar-refractivity contribution is -0.149. The van der Waals surface area contributed by atoms with Gasteiger partial charge in [-0.25, -0.2) is 0 Å². The van der Waals surface area contributed by atoms with E-state index in [4.69, 9.17) is 4.74 Å². The van der Waals surface area contributed by atoms with Crippen LogP contribution in [0.1, 0.15) is 36.4 Å². The summed E-state index contributed by atoms with van der Waals surface area (Å²) in [6, 6.07) is 3.85. The van der Waals surface area contributed by atoms with Gasteiger partial charge < -0.3 is 14.5 Å². The molecule has 2 saturated heterocycles. The standard InChI is InChI=1S/C17H24N2O3S/c1-12-11-22-13(2)9-19(12)16(20)14-5-3-7-18(10-14)17(21)15-6-4-8-23-15/h4,6,8,12-14H,3,5,7,9-11H2,1-2H3/t12-,13-,14-/m1/s1. The molecule has 3 heterocycles. The molecule has 0 saturated carbocycles. The molecule has 1 aromatic rings. The van der Waals surface area contributed by atoms with Crippen molar-refractivity contribution in [1.29, 1.82) is 0 Å². The molecule has 0 aromatic carbocycles. The molecule has 2 aliphatic heterocycles. The summed E-state index contributed by atoms with van der Waals surface area (Å²) in [5, 5.41) is 1.91. The molecular weight excluding hydrogens is 312 g/mol. The molecule has 0 aliphatic carbocycles. The summed E-state index contributed by atoms with van der Waals surface area (Å²) in [6.07, 6.45) is 1.84. The highest BCUT2D eigenvalue weighted by molar-refractivity contribution is 7.12. The Morgan fingerprint density at radius 2 is 2.13 bits per heavy atom. The van der Waals surface area contributed by atoms with Crippen LogP contribution in [-0.4, -0.2) is 60.0 Å². The minimum absolute atomic E-state index is 0.0564. The van der Waals surface area contributed by atoms with E-state index in [0.717, 1.165) is 24.3 Å². The van der Waals surface area contributed by atoms with E-state index in [1.54, 1.807) is 0 Å². The number of piperidine rings is 1. The van der Waals surface area contributed by atoms with Gasteiger partial charge in [0.15, 0.2) is 0 Å². The summed E-state index contributed by atoms with van der Waals surface area (Å²) in [7, 11) is 0. The van der Waals surface area contributed by atoms with E-state index in [2.05, 4.69) is 0 Å². The first-order valence-corrected chi connectivity index (χ1v) is 9.19. The average molecular weight is 336 g/mol. The first-order valence-electron chi connectivity index (χ1n) is 8.31. The second-order valence-corrected chi connectivity index (χ2v) is 7.50. The van der Waals surface area contributed by atoms with Crippen LogP contribution in [0.3, 0.4) is 0 Å². The number of likely N-dealkylation sites (tertiary alicyclic amines) is 1. The summed E-state index contributed by atoms with van der Waals surface area (Å²) in [5.74, 6) is 0.151. The molecule has 2 fully saturated rings. The fourth-order valence-electron chi connectivity index (χ4n) is 3.36. The van der Waals surface area contributed by atoms with Gasteiger partial charge in [-0.3, -0.25) is 9.59 Å². The summed E-state index contributed by atoms with van der Waals surface area (Å²) < 4.78 is 5.61. The maximum atomic E-state index is 12.9. The highest BCUT2D eigenvalue weighted by Gasteiger charge is 2.35. The van der Waals surface area contributed by atoms with Gasteiger partial charge in [0, 0.05) is 19.6 Å². The van der Waals surface area contributed by atoms with E-state index in [1.807, 2.05) is 41.2 Å². The Balaban J connectivity index is 1.66. The van der Waals surface area contributed by atoms with Crippen LogP contribution in [0, 0.1) is 5.92 Å². The topological polar surface area (TPSA) is 49.9 Å². The molecule has 23 heavy (non-hydrogen) atoms. The summed E-state index contributed by atoms with van der Waals surface area (Å²) in [4.78, 5) is 30.0. The Kier molecular flexibility index (Phi) is 5.02. The van der Waals surface area contributed by atoms with Crippen LogP contribution in [0.25, 0.3) is 0 Å². The van der Waals surface area contributed by atoms with Crippen molar-refractivity contribution in [1.82, 2.24) is 9.80 Å². The largest absolute Gasteiger partial charge is 0.375 e. The fraction of sp³-hybridized carbons (Fsp3) is 0.647. The van der Waals surface area contributed by atoms with E-state index in [1.165, 1.54) is 11.3 Å². The van der Waals surface area contributed by atoms with Gasteiger partial charge >= 0.3 is 0 Å². The highest BCUT2D eigenvalue weighted by atomic mass is 32.1. The Morgan fingerprint density at radius 3 is 2.87 bits per heavy atom. The summed E-state index contributed by atoms with van der Waals surface area (Å²) in [6.45, 7) is 6.55. The van der Waals surface area contributed by atoms with Crippen LogP contribution >= 0.6 is 11.3 Å². The molecule has 3 rings (SSSR count). The number of amides is 2. The number of carbonyl (C=O) groups excluding carboxylic acids is 2. The van der Waals surface area contributed by atoms with Crippen molar-refractivity contribution in [2.24, 2.45) is 5.92 Å². The van der Waals surface area contributed by atoms with Gasteiger partial charge in [0.25, 0.3) is 5.91 Å². The van der Waals surface area contributed by atoms with Crippen molar-refractivity contribution < 1.29 is 14.3 Å². The smallest absolute Gasteiger partial charge is 0.263 e. The number of hydrogen-bond acceptors (Lipinski definition) is 4. The van der Waals surface area contributed by atoms with E-state index < -0.39 is 0 Å². The number of hydrogen-bond donors (Lipinski definition) is 0. The Morgan fingerprint density at radius 1 is 1.30 bits per heavy atom. The van der Waals surface area contributed by atoms with Crippen molar-refractivity contribution in [2.45, 2.75) is 38.8 Å². The molecule has 0 radical (unpaired) electrons. The van der Waals surface area contributed by atoms with Crippen molar-refractivity contribution in [2.75, 3.05) is 26.2 Å². The monoisotopic (exact) mass is 336 g/mol. The second-order valence-electron chi connectivity index (χ2n) is 6.55. The van der Waals surface area contributed by atoms with Crippen LogP contribution in [0.15, 0.2) is 17.5 Å². The van der Waals surface area contributed by atoms with E-state index in [0.29, 0.717) is 19.7 Å². The molecule has 0 bridgehead atoms. The molecule has 126 valence electrons. The van der Waals surface area contributed by atoms with E-state index in [-0.39, 0.29) is 29.9 Å². The maximum Gasteiger partial charge on any atom is 0.263 e. The first-order chi connectivity index (χ1) is 11.1. The molecule has 5 nitrogen and oxygen atoms in total. The van der Waals surface area contributed by atoms with Crippen LogP contribution in [0.2, 0.25) is 0 Å². The van der Waals surface area contributed by atoms with Crippen molar-refractivity contribution in [3.63, 3.8) is 0 Å². The van der Waals surface area contributed by atoms with Gasteiger partial charge in [-0.1, -0.05) is 6.07 Å². The molecule has 0 spiro atoms. The van der Waals surface area contributed by atoms with Crippen molar-refractivity contribution >= 4 is 23.2 Å². The molecule has 0 unspecified atom stereocenters. The van der Waals surface area contributed by atoms with Crippen LogP contribution in [0.4, 0.5) is 0 Å². The average Bonchev–Trinajstić information content (AvgIpc) is 3.10. The molecule has 3 atom stereocenters. The molecule has 2 aliphatic rings. The Hall–Kier alpha value is -1.40. The summed E-state index contributed by atoms with van der Waals surface area (Å²) in [5.41, 5.74) is 0. The minimum Gasteiger partial charge on any atom is -0.375 e. The number of ether oxygens (including phenoxy) is 1. The Bertz CT molecular complexity index is 560. The first kappa shape index (κ1) is 16.5. The Labute approximate surface area is 141 Å². The predicted octanol–water partition coefficient (Wildman–Crippen LogP) is 2.24. The van der Waals surface area contributed by atoms with Crippen molar-refractivity contribution in [3.8, 4) is 0 Å². The van der Waals surface area contributed by atoms with Crippen LogP contribution < -0.4 is 0 Å². The number of morpholine rings is 1. The quantitative estimate of drug-likeness (QED) is 0.832. The lowest BCUT2D eigenvalue weighted by Gasteiger charge is -2.41. The molecule has 1 aromatic heterocycles. The second kappa shape index (κ2) is 7.01. The van der Waals surface area contributed by atoms with E-state index in [9.17, 15) is 9.59 Å². The zero-order chi connectivity index (χ0) is 16.4. The molecular formula is C17H24N2O3S. The molecule has 2 amide bonds. The molecule has 6 heteroatoms. The zero-order valence-electron chi connectivity index (χ0n) is 13.7. The summed E-state index contributed by atoms with van der Waals surface area (Å²) >= 11 is 1.46. The van der Waals surface area contributed by atoms with Gasteiger partial charge in [0.2, 0.25) is 5.91 Å². The van der Waals surface area contributed by atoms with Gasteiger partial charge in [-0.2, -0.15) is 0 Å². The highest BCUT2D eigenvalue weighted by Crippen LogP contribution is 2.24. The lowest BCUT2D eigenvalue weighted by atomic mass is 9.95.